The second-order valence-corrected chi connectivity index (χ2v) is 4.92. The summed E-state index contributed by atoms with van der Waals surface area (Å²) >= 11 is 6.06. The Kier molecular flexibility index (Phi) is 3.10. The first-order chi connectivity index (χ1) is 9.61. The molecule has 0 saturated heterocycles. The molecule has 2 aromatic heterocycles. The van der Waals surface area contributed by atoms with Gasteiger partial charge in [0.2, 0.25) is 0 Å². The van der Waals surface area contributed by atoms with Crippen molar-refractivity contribution in [1.82, 2.24) is 8.97 Å². The van der Waals surface area contributed by atoms with Crippen molar-refractivity contribution in [2.45, 2.75) is 13.3 Å². The average Bonchev–Trinajstić information content (AvgIpc) is 2.80. The van der Waals surface area contributed by atoms with Crippen LogP contribution in [-0.4, -0.2) is 8.97 Å². The second kappa shape index (κ2) is 4.80. The summed E-state index contributed by atoms with van der Waals surface area (Å²) in [6.45, 7) is 1.95. The standard InChI is InChI=1S/C15H12ClFN2O/c1-2-11-9-18-7-6-13(16)14(18)15(20)19(11)12-5-3-4-10(17)8-12/h3-9H,2H2,1H3. The van der Waals surface area contributed by atoms with Gasteiger partial charge in [-0.15, -0.1) is 0 Å². The van der Waals surface area contributed by atoms with E-state index in [1.54, 1.807) is 28.8 Å². The van der Waals surface area contributed by atoms with E-state index in [0.717, 1.165) is 5.69 Å². The van der Waals surface area contributed by atoms with Crippen LogP contribution in [0.4, 0.5) is 4.39 Å². The first-order valence-corrected chi connectivity index (χ1v) is 6.66. The van der Waals surface area contributed by atoms with Crippen molar-refractivity contribution in [3.05, 3.63) is 69.6 Å². The van der Waals surface area contributed by atoms with Crippen LogP contribution in [0.3, 0.4) is 0 Å². The fourth-order valence-electron chi connectivity index (χ4n) is 2.35. The fourth-order valence-corrected chi connectivity index (χ4v) is 2.58. The molecule has 0 unspecified atom stereocenters. The predicted octanol–water partition coefficient (Wildman–Crippen LogP) is 3.45. The zero-order valence-corrected chi connectivity index (χ0v) is 11.6. The molecule has 0 spiro atoms. The van der Waals surface area contributed by atoms with Gasteiger partial charge in [0.25, 0.3) is 5.56 Å². The predicted molar refractivity (Wildman–Crippen MR) is 77.3 cm³/mol. The number of rotatable bonds is 2. The Hall–Kier alpha value is -2.07. The minimum atomic E-state index is -0.377. The maximum atomic E-state index is 13.4. The molecule has 3 aromatic rings. The van der Waals surface area contributed by atoms with E-state index in [-0.39, 0.29) is 11.4 Å². The Morgan fingerprint density at radius 3 is 2.80 bits per heavy atom. The number of hydrogen-bond acceptors (Lipinski definition) is 1. The van der Waals surface area contributed by atoms with Gasteiger partial charge >= 0.3 is 0 Å². The van der Waals surface area contributed by atoms with E-state index < -0.39 is 0 Å². The lowest BCUT2D eigenvalue weighted by Crippen LogP contribution is -2.23. The normalized spacial score (nSPS) is 11.2. The summed E-state index contributed by atoms with van der Waals surface area (Å²) < 4.78 is 16.6. The Bertz CT molecular complexity index is 851. The molecule has 2 heterocycles. The van der Waals surface area contributed by atoms with E-state index >= 15 is 0 Å². The van der Waals surface area contributed by atoms with Crippen LogP contribution >= 0.6 is 11.6 Å². The fraction of sp³-hybridized carbons (Fsp3) is 0.133. The summed E-state index contributed by atoms with van der Waals surface area (Å²) in [6, 6.07) is 7.65. The van der Waals surface area contributed by atoms with E-state index in [9.17, 15) is 9.18 Å². The van der Waals surface area contributed by atoms with Crippen molar-refractivity contribution in [1.29, 1.82) is 0 Å². The van der Waals surface area contributed by atoms with Crippen molar-refractivity contribution in [2.24, 2.45) is 0 Å². The molecule has 20 heavy (non-hydrogen) atoms. The first-order valence-electron chi connectivity index (χ1n) is 6.29. The molecule has 0 bridgehead atoms. The summed E-state index contributed by atoms with van der Waals surface area (Å²) in [5.41, 5.74) is 1.45. The zero-order chi connectivity index (χ0) is 14.3. The van der Waals surface area contributed by atoms with Gasteiger partial charge in [0.05, 0.1) is 10.7 Å². The molecule has 3 rings (SSSR count). The topological polar surface area (TPSA) is 26.4 Å². The lowest BCUT2D eigenvalue weighted by molar-refractivity contribution is 0.626. The highest BCUT2D eigenvalue weighted by Gasteiger charge is 2.13. The SMILES string of the molecule is CCc1cn2ccc(Cl)c2c(=O)n1-c1cccc(F)c1. The largest absolute Gasteiger partial charge is 0.316 e. The number of fused-ring (bicyclic) bond motifs is 1. The molecule has 0 N–H and O–H groups in total. The number of aromatic nitrogens is 2. The van der Waals surface area contributed by atoms with Gasteiger partial charge in [0.1, 0.15) is 11.3 Å². The summed E-state index contributed by atoms with van der Waals surface area (Å²) in [5, 5.41) is 0.391. The molecule has 0 fully saturated rings. The van der Waals surface area contributed by atoms with E-state index in [4.69, 9.17) is 11.6 Å². The van der Waals surface area contributed by atoms with Crippen LogP contribution in [0.15, 0.2) is 47.5 Å². The van der Waals surface area contributed by atoms with E-state index in [0.29, 0.717) is 22.6 Å². The van der Waals surface area contributed by atoms with Crippen LogP contribution in [0.5, 0.6) is 0 Å². The number of hydrogen-bond donors (Lipinski definition) is 0. The van der Waals surface area contributed by atoms with Gasteiger partial charge in [-0.2, -0.15) is 0 Å². The molecule has 3 nitrogen and oxygen atoms in total. The molecule has 0 radical (unpaired) electrons. The van der Waals surface area contributed by atoms with Crippen molar-refractivity contribution in [3.63, 3.8) is 0 Å². The number of halogens is 2. The molecule has 0 saturated carbocycles. The van der Waals surface area contributed by atoms with Crippen LogP contribution in [0.1, 0.15) is 12.6 Å². The highest BCUT2D eigenvalue weighted by molar-refractivity contribution is 6.33. The summed E-state index contributed by atoms with van der Waals surface area (Å²) in [4.78, 5) is 12.6. The van der Waals surface area contributed by atoms with Crippen LogP contribution in [0.2, 0.25) is 5.02 Å². The lowest BCUT2D eigenvalue weighted by atomic mass is 10.2. The van der Waals surface area contributed by atoms with Crippen LogP contribution in [0, 0.1) is 5.82 Å². The van der Waals surface area contributed by atoms with Crippen LogP contribution < -0.4 is 5.56 Å². The van der Waals surface area contributed by atoms with Crippen molar-refractivity contribution in [2.75, 3.05) is 0 Å². The van der Waals surface area contributed by atoms with Crippen molar-refractivity contribution < 1.29 is 4.39 Å². The third kappa shape index (κ3) is 1.93. The van der Waals surface area contributed by atoms with Gasteiger partial charge in [0.15, 0.2) is 0 Å². The van der Waals surface area contributed by atoms with Crippen LogP contribution in [-0.2, 0) is 6.42 Å². The van der Waals surface area contributed by atoms with Crippen molar-refractivity contribution in [3.8, 4) is 5.69 Å². The van der Waals surface area contributed by atoms with Crippen molar-refractivity contribution >= 4 is 17.1 Å². The van der Waals surface area contributed by atoms with Gasteiger partial charge in [-0.05, 0) is 30.7 Å². The minimum absolute atomic E-state index is 0.245. The Labute approximate surface area is 119 Å². The maximum Gasteiger partial charge on any atom is 0.281 e. The molecule has 0 aliphatic rings. The summed E-state index contributed by atoms with van der Waals surface area (Å²) in [6.07, 6.45) is 4.24. The number of aryl methyl sites for hydroxylation is 1. The third-order valence-corrected chi connectivity index (χ3v) is 3.58. The number of benzene rings is 1. The molecule has 5 heteroatoms. The summed E-state index contributed by atoms with van der Waals surface area (Å²) in [5.74, 6) is -0.377. The lowest BCUT2D eigenvalue weighted by Gasteiger charge is -2.13. The Morgan fingerprint density at radius 1 is 1.30 bits per heavy atom. The van der Waals surface area contributed by atoms with E-state index in [1.807, 2.05) is 13.1 Å². The molecule has 0 amide bonds. The molecular formula is C15H12ClFN2O. The molecule has 1 aromatic carbocycles. The zero-order valence-electron chi connectivity index (χ0n) is 10.8. The quantitative estimate of drug-likeness (QED) is 0.710. The summed E-state index contributed by atoms with van der Waals surface area (Å²) in [7, 11) is 0. The molecule has 0 aliphatic carbocycles. The Balaban J connectivity index is 2.42. The van der Waals surface area contributed by atoms with E-state index in [2.05, 4.69) is 0 Å². The number of nitrogens with zero attached hydrogens (tertiary/aromatic N) is 2. The smallest absolute Gasteiger partial charge is 0.281 e. The maximum absolute atomic E-state index is 13.4. The average molecular weight is 291 g/mol. The monoisotopic (exact) mass is 290 g/mol. The van der Waals surface area contributed by atoms with Gasteiger partial charge < -0.3 is 4.40 Å². The highest BCUT2D eigenvalue weighted by atomic mass is 35.5. The third-order valence-electron chi connectivity index (χ3n) is 3.28. The first kappa shape index (κ1) is 12.9. The second-order valence-electron chi connectivity index (χ2n) is 4.51. The highest BCUT2D eigenvalue weighted by Crippen LogP contribution is 2.18. The molecule has 0 aliphatic heterocycles. The molecule has 0 atom stereocenters. The van der Waals surface area contributed by atoms with Gasteiger partial charge in [-0.3, -0.25) is 9.36 Å². The molecular weight excluding hydrogens is 279 g/mol. The molecule has 102 valence electrons. The minimum Gasteiger partial charge on any atom is -0.316 e. The van der Waals surface area contributed by atoms with Gasteiger partial charge in [-0.1, -0.05) is 24.6 Å². The van der Waals surface area contributed by atoms with Gasteiger partial charge in [0, 0.05) is 18.1 Å². The van der Waals surface area contributed by atoms with E-state index in [1.165, 1.54) is 16.7 Å². The Morgan fingerprint density at radius 2 is 2.10 bits per heavy atom. The van der Waals surface area contributed by atoms with Gasteiger partial charge in [-0.25, -0.2) is 4.39 Å². The van der Waals surface area contributed by atoms with Crippen LogP contribution in [0.25, 0.3) is 11.2 Å².